The number of benzene rings is 2. The highest BCUT2D eigenvalue weighted by atomic mass is 32.2. The summed E-state index contributed by atoms with van der Waals surface area (Å²) in [6, 6.07) is 15.8. The lowest BCUT2D eigenvalue weighted by Gasteiger charge is -2.07. The zero-order valence-corrected chi connectivity index (χ0v) is 15.9. The van der Waals surface area contributed by atoms with Crippen LogP contribution in [0.4, 0.5) is 5.69 Å². The Morgan fingerprint density at radius 1 is 1.15 bits per heavy atom. The average Bonchev–Trinajstić information content (AvgIpc) is 3.25. The number of para-hydroxylation sites is 2. The first kappa shape index (κ1) is 17.4. The summed E-state index contributed by atoms with van der Waals surface area (Å²) in [4.78, 5) is 15.5. The molecule has 1 amide bonds. The molecule has 0 spiro atoms. The number of nitrogens with one attached hydrogen (secondary N) is 2. The van der Waals surface area contributed by atoms with Gasteiger partial charge in [0.25, 0.3) is 0 Å². The summed E-state index contributed by atoms with van der Waals surface area (Å²) in [5.41, 5.74) is 3.93. The van der Waals surface area contributed by atoms with E-state index < -0.39 is 0 Å². The van der Waals surface area contributed by atoms with Gasteiger partial charge in [-0.05, 0) is 24.6 Å². The molecule has 2 aromatic carbocycles. The molecule has 6 nitrogen and oxygen atoms in total. The van der Waals surface area contributed by atoms with Crippen LogP contribution in [0.15, 0.2) is 59.9 Å². The molecule has 136 valence electrons. The van der Waals surface area contributed by atoms with Crippen LogP contribution >= 0.6 is 11.8 Å². The number of nitrogens with zero attached hydrogens (tertiary/aromatic N) is 3. The van der Waals surface area contributed by atoms with E-state index in [9.17, 15) is 4.79 Å². The number of amides is 1. The summed E-state index contributed by atoms with van der Waals surface area (Å²) in [7, 11) is 1.92. The van der Waals surface area contributed by atoms with Gasteiger partial charge >= 0.3 is 0 Å². The minimum Gasteiger partial charge on any atom is -0.360 e. The van der Waals surface area contributed by atoms with Crippen LogP contribution in [0.2, 0.25) is 0 Å². The predicted octanol–water partition coefficient (Wildman–Crippen LogP) is 4.00. The molecule has 7 heteroatoms. The maximum atomic E-state index is 12.3. The van der Waals surface area contributed by atoms with Crippen molar-refractivity contribution in [3.8, 4) is 11.4 Å². The quantitative estimate of drug-likeness (QED) is 0.516. The Balaban J connectivity index is 1.48. The topological polar surface area (TPSA) is 75.6 Å². The van der Waals surface area contributed by atoms with Crippen molar-refractivity contribution >= 4 is 34.3 Å². The lowest BCUT2D eigenvalue weighted by atomic mass is 10.1. The molecule has 0 radical (unpaired) electrons. The number of aromatic nitrogens is 4. The molecule has 0 atom stereocenters. The highest BCUT2D eigenvalue weighted by molar-refractivity contribution is 7.99. The first-order chi connectivity index (χ1) is 13.1. The van der Waals surface area contributed by atoms with E-state index in [1.54, 1.807) is 0 Å². The summed E-state index contributed by atoms with van der Waals surface area (Å²) < 4.78 is 1.92. The number of fused-ring (bicyclic) bond motifs is 1. The summed E-state index contributed by atoms with van der Waals surface area (Å²) >= 11 is 1.37. The largest absolute Gasteiger partial charge is 0.360 e. The third kappa shape index (κ3) is 3.46. The molecule has 2 heterocycles. The van der Waals surface area contributed by atoms with Crippen molar-refractivity contribution in [2.75, 3.05) is 11.1 Å². The zero-order valence-electron chi connectivity index (χ0n) is 15.1. The molecule has 0 bridgehead atoms. The van der Waals surface area contributed by atoms with Crippen LogP contribution in [-0.2, 0) is 11.8 Å². The van der Waals surface area contributed by atoms with Crippen LogP contribution in [0.5, 0.6) is 0 Å². The molecule has 0 saturated carbocycles. The van der Waals surface area contributed by atoms with Crippen molar-refractivity contribution in [2.45, 2.75) is 12.1 Å². The van der Waals surface area contributed by atoms with Crippen LogP contribution in [0.25, 0.3) is 22.3 Å². The Kier molecular flexibility index (Phi) is 4.68. The third-order valence-corrected chi connectivity index (χ3v) is 5.44. The molecular formula is C20H19N5OS. The van der Waals surface area contributed by atoms with Crippen LogP contribution in [-0.4, -0.2) is 31.4 Å². The molecule has 0 fully saturated rings. The number of H-pyrrole nitrogens is 1. The summed E-state index contributed by atoms with van der Waals surface area (Å²) in [6.07, 6.45) is 1.94. The molecule has 0 aliphatic rings. The molecular weight excluding hydrogens is 358 g/mol. The van der Waals surface area contributed by atoms with E-state index >= 15 is 0 Å². The van der Waals surface area contributed by atoms with Gasteiger partial charge in [-0.25, -0.2) is 0 Å². The lowest BCUT2D eigenvalue weighted by molar-refractivity contribution is -0.113. The number of aryl methyl sites for hydroxylation is 1. The number of thioether (sulfide) groups is 1. The van der Waals surface area contributed by atoms with Crippen molar-refractivity contribution in [1.29, 1.82) is 0 Å². The van der Waals surface area contributed by atoms with Gasteiger partial charge in [0, 0.05) is 35.4 Å². The predicted molar refractivity (Wildman–Crippen MR) is 109 cm³/mol. The van der Waals surface area contributed by atoms with Crippen molar-refractivity contribution in [2.24, 2.45) is 7.05 Å². The normalized spacial score (nSPS) is 11.0. The van der Waals surface area contributed by atoms with Gasteiger partial charge in [-0.15, -0.1) is 10.2 Å². The molecule has 2 N–H and O–H groups in total. The van der Waals surface area contributed by atoms with Crippen LogP contribution in [0.3, 0.4) is 0 Å². The second kappa shape index (κ2) is 7.28. The van der Waals surface area contributed by atoms with Gasteiger partial charge in [0.1, 0.15) is 0 Å². The highest BCUT2D eigenvalue weighted by Crippen LogP contribution is 2.29. The highest BCUT2D eigenvalue weighted by Gasteiger charge is 2.16. The fourth-order valence-corrected chi connectivity index (χ4v) is 3.67. The van der Waals surface area contributed by atoms with E-state index in [2.05, 4.69) is 26.6 Å². The molecule has 0 unspecified atom stereocenters. The number of hydrogen-bond acceptors (Lipinski definition) is 4. The average molecular weight is 377 g/mol. The fourth-order valence-electron chi connectivity index (χ4n) is 2.96. The van der Waals surface area contributed by atoms with Gasteiger partial charge in [-0.3, -0.25) is 4.79 Å². The van der Waals surface area contributed by atoms with Crippen molar-refractivity contribution in [3.05, 3.63) is 60.3 Å². The molecule has 4 rings (SSSR count). The summed E-state index contributed by atoms with van der Waals surface area (Å²) in [6.45, 7) is 1.97. The maximum absolute atomic E-state index is 12.3. The smallest absolute Gasteiger partial charge is 0.234 e. The molecule has 27 heavy (non-hydrogen) atoms. The number of carbonyl (C=O) groups excluding carboxylic acids is 1. The van der Waals surface area contributed by atoms with Gasteiger partial charge in [0.05, 0.1) is 5.75 Å². The number of rotatable bonds is 5. The molecule has 0 aliphatic carbocycles. The third-order valence-electron chi connectivity index (χ3n) is 4.42. The van der Waals surface area contributed by atoms with E-state index in [0.717, 1.165) is 33.5 Å². The van der Waals surface area contributed by atoms with Crippen molar-refractivity contribution in [1.82, 2.24) is 19.7 Å². The fraction of sp³-hybridized carbons (Fsp3) is 0.150. The Bertz CT molecular complexity index is 1110. The van der Waals surface area contributed by atoms with Crippen LogP contribution in [0.1, 0.15) is 5.56 Å². The number of anilines is 1. The first-order valence-electron chi connectivity index (χ1n) is 8.57. The second-order valence-electron chi connectivity index (χ2n) is 6.26. The van der Waals surface area contributed by atoms with Crippen molar-refractivity contribution in [3.63, 3.8) is 0 Å². The lowest BCUT2D eigenvalue weighted by Crippen LogP contribution is -2.15. The zero-order chi connectivity index (χ0) is 18.8. The minimum absolute atomic E-state index is 0.0639. The Morgan fingerprint density at radius 2 is 1.93 bits per heavy atom. The molecule has 0 aliphatic heterocycles. The number of hydrogen-bond donors (Lipinski definition) is 2. The van der Waals surface area contributed by atoms with E-state index in [1.165, 1.54) is 11.8 Å². The monoisotopic (exact) mass is 377 g/mol. The van der Waals surface area contributed by atoms with Crippen LogP contribution < -0.4 is 5.32 Å². The summed E-state index contributed by atoms with van der Waals surface area (Å²) in [5.74, 6) is 0.981. The van der Waals surface area contributed by atoms with E-state index in [-0.39, 0.29) is 11.7 Å². The number of carbonyl (C=O) groups is 1. The second-order valence-corrected chi connectivity index (χ2v) is 7.21. The molecule has 0 saturated heterocycles. The van der Waals surface area contributed by atoms with Gasteiger partial charge in [0.2, 0.25) is 5.91 Å². The Labute approximate surface area is 161 Å². The van der Waals surface area contributed by atoms with E-state index in [1.807, 2.05) is 67.2 Å². The SMILES string of the molecule is Cc1ccccc1NC(=O)CSc1nnc(-c2c[nH]c3ccccc23)n1C. The van der Waals surface area contributed by atoms with Gasteiger partial charge < -0.3 is 14.9 Å². The molecule has 4 aromatic rings. The Morgan fingerprint density at radius 3 is 2.78 bits per heavy atom. The standard InChI is InChI=1S/C20H19N5OS/c1-13-7-3-5-9-16(13)22-18(26)12-27-20-24-23-19(25(20)2)15-11-21-17-10-6-4-8-14(15)17/h3-11,21H,12H2,1-2H3,(H,22,26). The maximum Gasteiger partial charge on any atom is 0.234 e. The van der Waals surface area contributed by atoms with E-state index in [0.29, 0.717) is 5.16 Å². The number of aromatic amines is 1. The van der Waals surface area contributed by atoms with Gasteiger partial charge in [0.15, 0.2) is 11.0 Å². The first-order valence-corrected chi connectivity index (χ1v) is 9.56. The Hall–Kier alpha value is -3.06. The minimum atomic E-state index is -0.0639. The van der Waals surface area contributed by atoms with Crippen LogP contribution in [0, 0.1) is 6.92 Å². The van der Waals surface area contributed by atoms with Gasteiger partial charge in [-0.1, -0.05) is 48.2 Å². The molecule has 2 aromatic heterocycles. The van der Waals surface area contributed by atoms with Gasteiger partial charge in [-0.2, -0.15) is 0 Å². The van der Waals surface area contributed by atoms with E-state index in [4.69, 9.17) is 0 Å². The summed E-state index contributed by atoms with van der Waals surface area (Å²) in [5, 5.41) is 13.3. The van der Waals surface area contributed by atoms with Crippen molar-refractivity contribution < 1.29 is 4.79 Å².